The third-order valence-corrected chi connectivity index (χ3v) is 3.66. The SMILES string of the molecule is CCCc1nc(C)c2c(=O)[nH]c(-c3ccc(OCC)cc3)nn12. The van der Waals surface area contributed by atoms with E-state index in [0.29, 0.717) is 23.6 Å². The minimum absolute atomic E-state index is 0.170. The van der Waals surface area contributed by atoms with Gasteiger partial charge in [0.25, 0.3) is 5.56 Å². The Morgan fingerprint density at radius 2 is 1.96 bits per heavy atom. The molecule has 3 rings (SSSR count). The lowest BCUT2D eigenvalue weighted by Gasteiger charge is -2.06. The smallest absolute Gasteiger partial charge is 0.277 e. The summed E-state index contributed by atoms with van der Waals surface area (Å²) in [5.74, 6) is 2.14. The summed E-state index contributed by atoms with van der Waals surface area (Å²) in [6, 6.07) is 7.51. The average molecular weight is 312 g/mol. The normalized spacial score (nSPS) is 11.1. The first kappa shape index (κ1) is 15.3. The lowest BCUT2D eigenvalue weighted by atomic mass is 10.2. The second kappa shape index (κ2) is 6.24. The zero-order chi connectivity index (χ0) is 16.4. The van der Waals surface area contributed by atoms with Crippen molar-refractivity contribution < 1.29 is 4.74 Å². The van der Waals surface area contributed by atoms with E-state index in [1.54, 1.807) is 4.52 Å². The molecular weight excluding hydrogens is 292 g/mol. The highest BCUT2D eigenvalue weighted by molar-refractivity contribution is 5.58. The predicted molar refractivity (Wildman–Crippen MR) is 88.9 cm³/mol. The van der Waals surface area contributed by atoms with Crippen LogP contribution in [0.15, 0.2) is 29.1 Å². The molecule has 3 aromatic rings. The van der Waals surface area contributed by atoms with Gasteiger partial charge >= 0.3 is 0 Å². The largest absolute Gasteiger partial charge is 0.494 e. The van der Waals surface area contributed by atoms with Crippen molar-refractivity contribution in [2.24, 2.45) is 0 Å². The fourth-order valence-electron chi connectivity index (χ4n) is 2.63. The summed E-state index contributed by atoms with van der Waals surface area (Å²) in [5.41, 5.74) is 1.89. The number of aromatic nitrogens is 4. The number of ether oxygens (including phenoxy) is 1. The quantitative estimate of drug-likeness (QED) is 0.786. The number of benzene rings is 1. The number of H-pyrrole nitrogens is 1. The van der Waals surface area contributed by atoms with Gasteiger partial charge in [-0.1, -0.05) is 6.92 Å². The van der Waals surface area contributed by atoms with Crippen LogP contribution in [0.1, 0.15) is 31.8 Å². The molecular formula is C17H20N4O2. The van der Waals surface area contributed by atoms with Crippen LogP contribution in [0.25, 0.3) is 16.9 Å². The van der Waals surface area contributed by atoms with Gasteiger partial charge in [-0.05, 0) is 44.5 Å². The molecule has 0 saturated heterocycles. The maximum atomic E-state index is 12.4. The number of rotatable bonds is 5. The predicted octanol–water partition coefficient (Wildman–Crippen LogP) is 2.74. The maximum Gasteiger partial charge on any atom is 0.277 e. The van der Waals surface area contributed by atoms with E-state index in [1.807, 2.05) is 38.1 Å². The molecule has 6 nitrogen and oxygen atoms in total. The second-order valence-corrected chi connectivity index (χ2v) is 5.38. The van der Waals surface area contributed by atoms with Gasteiger partial charge in [0.15, 0.2) is 11.3 Å². The topological polar surface area (TPSA) is 72.3 Å². The maximum absolute atomic E-state index is 12.4. The third-order valence-electron chi connectivity index (χ3n) is 3.66. The molecule has 0 aliphatic carbocycles. The van der Waals surface area contributed by atoms with Crippen LogP contribution in [-0.2, 0) is 6.42 Å². The van der Waals surface area contributed by atoms with Crippen LogP contribution in [0.5, 0.6) is 5.75 Å². The number of aromatic amines is 1. The minimum atomic E-state index is -0.170. The summed E-state index contributed by atoms with van der Waals surface area (Å²) in [4.78, 5) is 19.7. The molecule has 0 fully saturated rings. The van der Waals surface area contributed by atoms with Gasteiger partial charge in [-0.15, -0.1) is 5.10 Å². The molecule has 2 heterocycles. The van der Waals surface area contributed by atoms with E-state index in [0.717, 1.165) is 30.0 Å². The van der Waals surface area contributed by atoms with Gasteiger partial charge in [-0.25, -0.2) is 9.50 Å². The molecule has 0 aliphatic rings. The molecule has 23 heavy (non-hydrogen) atoms. The summed E-state index contributed by atoms with van der Waals surface area (Å²) in [6.45, 7) is 6.48. The summed E-state index contributed by atoms with van der Waals surface area (Å²) in [6.07, 6.45) is 1.74. The van der Waals surface area contributed by atoms with E-state index in [1.165, 1.54) is 0 Å². The molecule has 0 spiro atoms. The number of aryl methyl sites for hydroxylation is 2. The van der Waals surface area contributed by atoms with Crippen LogP contribution in [0.2, 0.25) is 0 Å². The van der Waals surface area contributed by atoms with Gasteiger partial charge in [0.2, 0.25) is 0 Å². The molecule has 0 radical (unpaired) electrons. The number of hydrogen-bond acceptors (Lipinski definition) is 4. The van der Waals surface area contributed by atoms with Crippen LogP contribution in [0.4, 0.5) is 0 Å². The minimum Gasteiger partial charge on any atom is -0.494 e. The molecule has 0 bridgehead atoms. The lowest BCUT2D eigenvalue weighted by Crippen LogP contribution is -2.15. The molecule has 0 atom stereocenters. The molecule has 0 amide bonds. The van der Waals surface area contributed by atoms with Crippen molar-refractivity contribution in [3.8, 4) is 17.1 Å². The van der Waals surface area contributed by atoms with Crippen LogP contribution in [0, 0.1) is 6.92 Å². The van der Waals surface area contributed by atoms with Crippen molar-refractivity contribution in [2.45, 2.75) is 33.6 Å². The standard InChI is InChI=1S/C17H20N4O2/c1-4-6-14-18-11(3)15-17(22)19-16(20-21(14)15)12-7-9-13(10-8-12)23-5-2/h7-10H,4-6H2,1-3H3,(H,19,20,22). The van der Waals surface area contributed by atoms with E-state index < -0.39 is 0 Å². The Kier molecular flexibility index (Phi) is 4.14. The zero-order valence-electron chi connectivity index (χ0n) is 13.6. The fourth-order valence-corrected chi connectivity index (χ4v) is 2.63. The highest BCUT2D eigenvalue weighted by Gasteiger charge is 2.14. The van der Waals surface area contributed by atoms with Crippen molar-refractivity contribution in [3.63, 3.8) is 0 Å². The van der Waals surface area contributed by atoms with Crippen molar-refractivity contribution in [1.29, 1.82) is 0 Å². The molecule has 0 unspecified atom stereocenters. The van der Waals surface area contributed by atoms with E-state index in [4.69, 9.17) is 4.74 Å². The van der Waals surface area contributed by atoms with Crippen LogP contribution < -0.4 is 10.3 Å². The van der Waals surface area contributed by atoms with E-state index >= 15 is 0 Å². The van der Waals surface area contributed by atoms with Gasteiger partial charge < -0.3 is 9.72 Å². The van der Waals surface area contributed by atoms with Gasteiger partial charge in [0.05, 0.1) is 12.3 Å². The van der Waals surface area contributed by atoms with Crippen molar-refractivity contribution in [1.82, 2.24) is 19.6 Å². The zero-order valence-corrected chi connectivity index (χ0v) is 13.6. The van der Waals surface area contributed by atoms with E-state index in [2.05, 4.69) is 22.0 Å². The molecule has 120 valence electrons. The first-order chi connectivity index (χ1) is 11.1. The monoisotopic (exact) mass is 312 g/mol. The number of hydrogen-bond donors (Lipinski definition) is 1. The Labute approximate surface area is 134 Å². The summed E-state index contributed by atoms with van der Waals surface area (Å²) in [7, 11) is 0. The Balaban J connectivity index is 2.11. The Bertz CT molecular complexity index is 878. The number of fused-ring (bicyclic) bond motifs is 1. The van der Waals surface area contributed by atoms with Gasteiger partial charge in [-0.3, -0.25) is 4.79 Å². The molecule has 1 N–H and O–H groups in total. The summed E-state index contributed by atoms with van der Waals surface area (Å²) < 4.78 is 7.11. The highest BCUT2D eigenvalue weighted by Crippen LogP contribution is 2.19. The number of imidazole rings is 1. The van der Waals surface area contributed by atoms with Crippen molar-refractivity contribution in [3.05, 3.63) is 46.1 Å². The number of nitrogens with one attached hydrogen (secondary N) is 1. The molecule has 1 aromatic carbocycles. The van der Waals surface area contributed by atoms with E-state index in [-0.39, 0.29) is 5.56 Å². The molecule has 6 heteroatoms. The molecule has 0 aliphatic heterocycles. The fraction of sp³-hybridized carbons (Fsp3) is 0.353. The van der Waals surface area contributed by atoms with Crippen LogP contribution in [0.3, 0.4) is 0 Å². The van der Waals surface area contributed by atoms with Gasteiger partial charge in [0, 0.05) is 12.0 Å². The highest BCUT2D eigenvalue weighted by atomic mass is 16.5. The van der Waals surface area contributed by atoms with Crippen molar-refractivity contribution in [2.75, 3.05) is 6.61 Å². The number of nitrogens with zero attached hydrogens (tertiary/aromatic N) is 3. The third kappa shape index (κ3) is 2.84. The van der Waals surface area contributed by atoms with Crippen LogP contribution in [-0.4, -0.2) is 26.2 Å². The average Bonchev–Trinajstić information content (AvgIpc) is 2.85. The Hall–Kier alpha value is -2.63. The second-order valence-electron chi connectivity index (χ2n) is 5.38. The first-order valence-corrected chi connectivity index (χ1v) is 7.85. The lowest BCUT2D eigenvalue weighted by molar-refractivity contribution is 0.340. The van der Waals surface area contributed by atoms with E-state index in [9.17, 15) is 4.79 Å². The summed E-state index contributed by atoms with van der Waals surface area (Å²) >= 11 is 0. The van der Waals surface area contributed by atoms with Crippen molar-refractivity contribution >= 4 is 5.52 Å². The molecule has 0 saturated carbocycles. The Morgan fingerprint density at radius 3 is 2.61 bits per heavy atom. The van der Waals surface area contributed by atoms with Gasteiger partial charge in [-0.2, -0.15) is 0 Å². The Morgan fingerprint density at radius 1 is 1.22 bits per heavy atom. The summed E-state index contributed by atoms with van der Waals surface area (Å²) in [5, 5.41) is 4.58. The molecule has 2 aromatic heterocycles. The first-order valence-electron chi connectivity index (χ1n) is 7.85. The van der Waals surface area contributed by atoms with Crippen LogP contribution >= 0.6 is 0 Å². The van der Waals surface area contributed by atoms with Gasteiger partial charge in [0.1, 0.15) is 11.6 Å².